The summed E-state index contributed by atoms with van der Waals surface area (Å²) in [6.07, 6.45) is 4.03. The van der Waals surface area contributed by atoms with Crippen LogP contribution in [0.25, 0.3) is 15.9 Å². The maximum Gasteiger partial charge on any atom is 0.326 e. The predicted octanol–water partition coefficient (Wildman–Crippen LogP) is 5.15. The fourth-order valence-electron chi connectivity index (χ4n) is 4.27. The van der Waals surface area contributed by atoms with E-state index >= 15 is 0 Å². The Morgan fingerprint density at radius 3 is 2.85 bits per heavy atom. The van der Waals surface area contributed by atoms with Gasteiger partial charge in [0.25, 0.3) is 0 Å². The molecule has 0 N–H and O–H groups in total. The number of aromatic nitrogens is 2. The molecule has 1 aromatic carbocycles. The third kappa shape index (κ3) is 4.16. The number of aryl methyl sites for hydroxylation is 1. The third-order valence-corrected chi connectivity index (χ3v) is 5.79. The summed E-state index contributed by atoms with van der Waals surface area (Å²) in [7, 11) is 0. The molecule has 1 aliphatic carbocycles. The minimum Gasteiger partial charge on any atom is -0.461 e. The van der Waals surface area contributed by atoms with Crippen molar-refractivity contribution >= 4 is 22.7 Å². The van der Waals surface area contributed by atoms with Gasteiger partial charge in [0.05, 0.1) is 17.6 Å². The SMILES string of the molecule is [C-]#[N+]c1ccc2c(c1)nc(CC)n2CC(=O)OC1C[C@H](C)CC[C@H]1C(C)C. The quantitative estimate of drug-likeness (QED) is 0.542. The van der Waals surface area contributed by atoms with E-state index in [-0.39, 0.29) is 18.6 Å². The molecule has 0 bridgehead atoms. The standard InChI is InChI=1S/C22H29N3O2/c1-6-21-24-18-12-16(23-5)8-10-19(18)25(21)13-22(26)27-20-11-15(4)7-9-17(20)14(2)3/h8,10,12,14-15,17,20H,6-7,9,11,13H2,1-4H3/t15-,17+,20?/m1/s1. The number of carbonyl (C=O) groups is 1. The molecule has 1 aromatic heterocycles. The van der Waals surface area contributed by atoms with Gasteiger partial charge in [0.1, 0.15) is 18.5 Å². The molecule has 27 heavy (non-hydrogen) atoms. The number of nitrogens with zero attached hydrogens (tertiary/aromatic N) is 3. The van der Waals surface area contributed by atoms with Crippen molar-refractivity contribution in [2.75, 3.05) is 0 Å². The minimum atomic E-state index is -0.192. The van der Waals surface area contributed by atoms with Gasteiger partial charge in [0, 0.05) is 6.42 Å². The lowest BCUT2D eigenvalue weighted by atomic mass is 9.75. The zero-order chi connectivity index (χ0) is 19.6. The molecule has 1 heterocycles. The van der Waals surface area contributed by atoms with Crippen molar-refractivity contribution in [1.82, 2.24) is 9.55 Å². The first-order chi connectivity index (χ1) is 12.9. The molecule has 0 spiro atoms. The molecule has 1 fully saturated rings. The summed E-state index contributed by atoms with van der Waals surface area (Å²) < 4.78 is 7.90. The summed E-state index contributed by atoms with van der Waals surface area (Å²) in [4.78, 5) is 20.8. The Bertz CT molecular complexity index is 862. The van der Waals surface area contributed by atoms with Gasteiger partial charge in [-0.2, -0.15) is 0 Å². The molecule has 144 valence electrons. The van der Waals surface area contributed by atoms with Crippen LogP contribution in [0.1, 0.15) is 52.8 Å². The lowest BCUT2D eigenvalue weighted by Gasteiger charge is -2.36. The number of ether oxygens (including phenoxy) is 1. The van der Waals surface area contributed by atoms with Crippen molar-refractivity contribution in [3.05, 3.63) is 35.4 Å². The lowest BCUT2D eigenvalue weighted by molar-refractivity contribution is -0.156. The highest BCUT2D eigenvalue weighted by Gasteiger charge is 2.33. The van der Waals surface area contributed by atoms with Crippen molar-refractivity contribution < 1.29 is 9.53 Å². The van der Waals surface area contributed by atoms with E-state index < -0.39 is 0 Å². The van der Waals surface area contributed by atoms with E-state index in [1.807, 2.05) is 17.6 Å². The normalized spacial score (nSPS) is 22.7. The fraction of sp³-hybridized carbons (Fsp3) is 0.591. The Balaban J connectivity index is 1.80. The van der Waals surface area contributed by atoms with Crippen molar-refractivity contribution in [3.63, 3.8) is 0 Å². The molecule has 0 saturated heterocycles. The van der Waals surface area contributed by atoms with E-state index in [4.69, 9.17) is 11.3 Å². The molecule has 5 heteroatoms. The molecule has 0 radical (unpaired) electrons. The molecule has 0 amide bonds. The first-order valence-electron chi connectivity index (χ1n) is 9.99. The van der Waals surface area contributed by atoms with Crippen molar-refractivity contribution in [2.24, 2.45) is 17.8 Å². The van der Waals surface area contributed by atoms with E-state index in [0.29, 0.717) is 23.4 Å². The zero-order valence-electron chi connectivity index (χ0n) is 16.7. The highest BCUT2D eigenvalue weighted by Crippen LogP contribution is 2.35. The van der Waals surface area contributed by atoms with Gasteiger partial charge in [0.15, 0.2) is 5.69 Å². The van der Waals surface area contributed by atoms with Crippen LogP contribution >= 0.6 is 0 Å². The van der Waals surface area contributed by atoms with Crippen LogP contribution in [0.5, 0.6) is 0 Å². The molecule has 0 aliphatic heterocycles. The molecule has 1 aliphatic rings. The fourth-order valence-corrected chi connectivity index (χ4v) is 4.27. The number of carbonyl (C=O) groups excluding carboxylic acids is 1. The Hall–Kier alpha value is -2.35. The van der Waals surface area contributed by atoms with Gasteiger partial charge in [-0.3, -0.25) is 4.79 Å². The van der Waals surface area contributed by atoms with E-state index in [2.05, 4.69) is 30.6 Å². The number of hydrogen-bond donors (Lipinski definition) is 0. The Morgan fingerprint density at radius 2 is 2.19 bits per heavy atom. The predicted molar refractivity (Wildman–Crippen MR) is 107 cm³/mol. The number of esters is 1. The van der Waals surface area contributed by atoms with Crippen molar-refractivity contribution in [1.29, 1.82) is 0 Å². The van der Waals surface area contributed by atoms with Crippen LogP contribution in [0, 0.1) is 24.3 Å². The van der Waals surface area contributed by atoms with Gasteiger partial charge in [-0.05, 0) is 42.7 Å². The maximum atomic E-state index is 12.8. The monoisotopic (exact) mass is 367 g/mol. The van der Waals surface area contributed by atoms with Crippen LogP contribution in [0.15, 0.2) is 18.2 Å². The highest BCUT2D eigenvalue weighted by atomic mass is 16.5. The summed E-state index contributed by atoms with van der Waals surface area (Å²) >= 11 is 0. The minimum absolute atomic E-state index is 0.00910. The van der Waals surface area contributed by atoms with E-state index in [1.165, 1.54) is 6.42 Å². The average Bonchev–Trinajstić information content (AvgIpc) is 2.98. The average molecular weight is 367 g/mol. The molecule has 1 saturated carbocycles. The van der Waals surface area contributed by atoms with Gasteiger partial charge in [0.2, 0.25) is 0 Å². The van der Waals surface area contributed by atoms with Gasteiger partial charge in [-0.15, -0.1) is 0 Å². The van der Waals surface area contributed by atoms with E-state index in [0.717, 1.165) is 36.1 Å². The van der Waals surface area contributed by atoms with Crippen LogP contribution in [0.2, 0.25) is 0 Å². The maximum absolute atomic E-state index is 12.8. The van der Waals surface area contributed by atoms with E-state index in [9.17, 15) is 4.79 Å². The number of benzene rings is 1. The zero-order valence-corrected chi connectivity index (χ0v) is 16.7. The lowest BCUT2D eigenvalue weighted by Crippen LogP contribution is -2.36. The second-order valence-corrected chi connectivity index (χ2v) is 8.11. The summed E-state index contributed by atoms with van der Waals surface area (Å²) in [6, 6.07) is 5.43. The van der Waals surface area contributed by atoms with E-state index in [1.54, 1.807) is 12.1 Å². The van der Waals surface area contributed by atoms with Crippen LogP contribution in [0.4, 0.5) is 5.69 Å². The van der Waals surface area contributed by atoms with Crippen LogP contribution < -0.4 is 0 Å². The Labute approximate surface area is 161 Å². The van der Waals surface area contributed by atoms with Crippen LogP contribution in [-0.4, -0.2) is 21.6 Å². The first-order valence-corrected chi connectivity index (χ1v) is 9.99. The highest BCUT2D eigenvalue weighted by molar-refractivity contribution is 5.82. The van der Waals surface area contributed by atoms with Gasteiger partial charge in [-0.25, -0.2) is 9.83 Å². The van der Waals surface area contributed by atoms with Crippen molar-refractivity contribution in [2.45, 2.75) is 66.0 Å². The number of imidazole rings is 1. The van der Waals surface area contributed by atoms with Gasteiger partial charge < -0.3 is 9.30 Å². The molecular weight excluding hydrogens is 338 g/mol. The van der Waals surface area contributed by atoms with Crippen molar-refractivity contribution in [3.8, 4) is 0 Å². The van der Waals surface area contributed by atoms with Crippen LogP contribution in [-0.2, 0) is 22.5 Å². The molecule has 1 unspecified atom stereocenters. The number of hydrogen-bond acceptors (Lipinski definition) is 3. The molecule has 5 nitrogen and oxygen atoms in total. The second-order valence-electron chi connectivity index (χ2n) is 8.11. The summed E-state index contributed by atoms with van der Waals surface area (Å²) in [6.45, 7) is 16.0. The third-order valence-electron chi connectivity index (χ3n) is 5.79. The summed E-state index contributed by atoms with van der Waals surface area (Å²) in [5.74, 6) is 2.22. The smallest absolute Gasteiger partial charge is 0.326 e. The summed E-state index contributed by atoms with van der Waals surface area (Å²) in [5.41, 5.74) is 2.21. The largest absolute Gasteiger partial charge is 0.461 e. The first kappa shape index (κ1) is 19.4. The Morgan fingerprint density at radius 1 is 1.41 bits per heavy atom. The number of fused-ring (bicyclic) bond motifs is 1. The summed E-state index contributed by atoms with van der Waals surface area (Å²) in [5, 5.41) is 0. The van der Waals surface area contributed by atoms with Gasteiger partial charge in [-0.1, -0.05) is 40.2 Å². The molecule has 3 atom stereocenters. The second kappa shape index (κ2) is 8.12. The topological polar surface area (TPSA) is 48.5 Å². The van der Waals surface area contributed by atoms with Gasteiger partial charge >= 0.3 is 5.97 Å². The van der Waals surface area contributed by atoms with Crippen LogP contribution in [0.3, 0.4) is 0 Å². The number of rotatable bonds is 5. The molecular formula is C22H29N3O2. The molecule has 3 rings (SSSR count). The molecule has 2 aromatic rings. The Kier molecular flexibility index (Phi) is 5.84.